The Morgan fingerprint density at radius 2 is 2.00 bits per heavy atom. The average molecular weight is 301 g/mol. The minimum atomic E-state index is -3.95. The maximum atomic E-state index is 11.3. The van der Waals surface area contributed by atoms with E-state index in [1.54, 1.807) is 0 Å². The number of sulfonamides is 1. The van der Waals surface area contributed by atoms with Crippen LogP contribution in [0, 0.1) is 10.1 Å². The summed E-state index contributed by atoms with van der Waals surface area (Å²) < 4.78 is 22.5. The lowest BCUT2D eigenvalue weighted by Crippen LogP contribution is -2.31. The molecule has 0 radical (unpaired) electrons. The molecule has 7 nitrogen and oxygen atoms in total. The fourth-order valence-electron chi connectivity index (χ4n) is 2.01. The zero-order valence-electron chi connectivity index (χ0n) is 11.7. The average Bonchev–Trinajstić information content (AvgIpc) is 2.36. The number of likely N-dealkylation sites (N-methyl/N-ethyl adjacent to an activating group) is 1. The topological polar surface area (TPSA) is 115 Å². The summed E-state index contributed by atoms with van der Waals surface area (Å²) >= 11 is 0. The highest BCUT2D eigenvalue weighted by Gasteiger charge is 2.25. The molecule has 2 unspecified atom stereocenters. The van der Waals surface area contributed by atoms with Crippen LogP contribution in [-0.2, 0) is 10.0 Å². The summed E-state index contributed by atoms with van der Waals surface area (Å²) in [6.07, 6.45) is 0. The number of nitro benzene ring substituents is 1. The van der Waals surface area contributed by atoms with Crippen molar-refractivity contribution >= 4 is 15.7 Å². The molecule has 20 heavy (non-hydrogen) atoms. The van der Waals surface area contributed by atoms with Gasteiger partial charge in [-0.05, 0) is 19.5 Å². The number of rotatable bonds is 6. The van der Waals surface area contributed by atoms with Gasteiger partial charge in [-0.2, -0.15) is 0 Å². The molecular formula is C12H19N3O4S. The van der Waals surface area contributed by atoms with Crippen LogP contribution in [0.25, 0.3) is 0 Å². The zero-order valence-corrected chi connectivity index (χ0v) is 12.5. The second-order valence-corrected chi connectivity index (χ2v) is 6.22. The second kappa shape index (κ2) is 6.29. The Hall–Kier alpha value is -1.51. The van der Waals surface area contributed by atoms with E-state index in [0.717, 1.165) is 12.6 Å². The van der Waals surface area contributed by atoms with Crippen molar-refractivity contribution in [3.8, 4) is 0 Å². The molecule has 0 heterocycles. The molecule has 3 N–H and O–H groups in total. The molecule has 0 saturated carbocycles. The van der Waals surface area contributed by atoms with Crippen molar-refractivity contribution < 1.29 is 13.3 Å². The highest BCUT2D eigenvalue weighted by atomic mass is 32.2. The number of hydrogen-bond donors (Lipinski definition) is 2. The summed E-state index contributed by atoms with van der Waals surface area (Å²) in [5.74, 6) is -0.134. The van der Waals surface area contributed by atoms with Crippen LogP contribution in [0.4, 0.5) is 5.69 Å². The fourth-order valence-corrected chi connectivity index (χ4v) is 2.55. The van der Waals surface area contributed by atoms with Crippen LogP contribution in [0.1, 0.15) is 32.3 Å². The van der Waals surface area contributed by atoms with E-state index in [2.05, 4.69) is 5.32 Å². The van der Waals surface area contributed by atoms with E-state index < -0.39 is 14.9 Å². The number of nitrogens with zero attached hydrogens (tertiary/aromatic N) is 1. The number of hydrogen-bond acceptors (Lipinski definition) is 5. The Bertz CT molecular complexity index is 601. The molecular weight excluding hydrogens is 282 g/mol. The van der Waals surface area contributed by atoms with E-state index in [1.165, 1.54) is 12.1 Å². The SMILES string of the molecule is CCNC(C)C(C)c1ccc(S(N)(=O)=O)cc1[N+](=O)[O-]. The van der Waals surface area contributed by atoms with Crippen molar-refractivity contribution in [3.05, 3.63) is 33.9 Å². The third-order valence-corrected chi connectivity index (χ3v) is 4.20. The lowest BCUT2D eigenvalue weighted by Gasteiger charge is -2.21. The van der Waals surface area contributed by atoms with Gasteiger partial charge in [0.1, 0.15) is 0 Å². The standard InChI is InChI=1S/C12H19N3O4S/c1-4-14-9(3)8(2)11-6-5-10(20(13,18)19)7-12(11)15(16)17/h5-9,14H,4H2,1-3H3,(H2,13,18,19). The molecule has 0 amide bonds. The predicted octanol–water partition coefficient (Wildman–Crippen LogP) is 1.34. The molecule has 0 aliphatic rings. The van der Waals surface area contributed by atoms with E-state index in [1.807, 2.05) is 20.8 Å². The minimum Gasteiger partial charge on any atom is -0.314 e. The zero-order chi connectivity index (χ0) is 15.5. The van der Waals surface area contributed by atoms with Crippen molar-refractivity contribution in [2.75, 3.05) is 6.54 Å². The third-order valence-electron chi connectivity index (χ3n) is 3.29. The first kappa shape index (κ1) is 16.5. The summed E-state index contributed by atoms with van der Waals surface area (Å²) in [7, 11) is -3.95. The van der Waals surface area contributed by atoms with Crippen LogP contribution in [0.3, 0.4) is 0 Å². The lowest BCUT2D eigenvalue weighted by molar-refractivity contribution is -0.386. The maximum absolute atomic E-state index is 11.3. The van der Waals surface area contributed by atoms with Crippen molar-refractivity contribution in [1.82, 2.24) is 5.32 Å². The Labute approximate surface area is 118 Å². The molecule has 1 rings (SSSR count). The van der Waals surface area contributed by atoms with E-state index in [-0.39, 0.29) is 22.5 Å². The van der Waals surface area contributed by atoms with Gasteiger partial charge in [0.2, 0.25) is 10.0 Å². The van der Waals surface area contributed by atoms with Gasteiger partial charge in [0.15, 0.2) is 0 Å². The molecule has 0 aromatic heterocycles. The molecule has 0 fully saturated rings. The van der Waals surface area contributed by atoms with Crippen LogP contribution in [0.15, 0.2) is 23.1 Å². The van der Waals surface area contributed by atoms with Gasteiger partial charge in [-0.3, -0.25) is 10.1 Å². The van der Waals surface area contributed by atoms with Crippen LogP contribution in [0.5, 0.6) is 0 Å². The van der Waals surface area contributed by atoms with Gasteiger partial charge in [0.05, 0.1) is 9.82 Å². The summed E-state index contributed by atoms with van der Waals surface area (Å²) in [5.41, 5.74) is 0.254. The minimum absolute atomic E-state index is 0.0269. The van der Waals surface area contributed by atoms with E-state index in [0.29, 0.717) is 5.56 Å². The fraction of sp³-hybridized carbons (Fsp3) is 0.500. The highest BCUT2D eigenvalue weighted by Crippen LogP contribution is 2.30. The Balaban J connectivity index is 3.31. The van der Waals surface area contributed by atoms with Gasteiger partial charge in [0.25, 0.3) is 5.69 Å². The molecule has 0 aliphatic heterocycles. The van der Waals surface area contributed by atoms with E-state index in [4.69, 9.17) is 5.14 Å². The molecule has 1 aromatic rings. The maximum Gasteiger partial charge on any atom is 0.274 e. The number of primary sulfonamides is 1. The summed E-state index contributed by atoms with van der Waals surface area (Å²) in [5, 5.41) is 19.3. The summed E-state index contributed by atoms with van der Waals surface area (Å²) in [6.45, 7) is 6.47. The molecule has 0 saturated heterocycles. The first-order chi connectivity index (χ1) is 9.18. The second-order valence-electron chi connectivity index (χ2n) is 4.66. The van der Waals surface area contributed by atoms with Crippen LogP contribution < -0.4 is 10.5 Å². The molecule has 0 spiro atoms. The molecule has 112 valence electrons. The Morgan fingerprint density at radius 3 is 2.45 bits per heavy atom. The van der Waals surface area contributed by atoms with Crippen molar-refractivity contribution in [2.45, 2.75) is 37.6 Å². The van der Waals surface area contributed by atoms with E-state index >= 15 is 0 Å². The smallest absolute Gasteiger partial charge is 0.274 e. The summed E-state index contributed by atoms with van der Waals surface area (Å²) in [6, 6.07) is 3.79. The van der Waals surface area contributed by atoms with Crippen molar-refractivity contribution in [3.63, 3.8) is 0 Å². The number of nitrogens with two attached hydrogens (primary N) is 1. The monoisotopic (exact) mass is 301 g/mol. The molecule has 0 aliphatic carbocycles. The van der Waals surface area contributed by atoms with Gasteiger partial charge in [0, 0.05) is 23.6 Å². The highest BCUT2D eigenvalue weighted by molar-refractivity contribution is 7.89. The van der Waals surface area contributed by atoms with Crippen molar-refractivity contribution in [2.24, 2.45) is 5.14 Å². The first-order valence-electron chi connectivity index (χ1n) is 6.23. The molecule has 0 bridgehead atoms. The number of nitro groups is 1. The largest absolute Gasteiger partial charge is 0.314 e. The quantitative estimate of drug-likeness (QED) is 0.607. The Morgan fingerprint density at radius 1 is 1.40 bits per heavy atom. The molecule has 8 heteroatoms. The normalized spacial score (nSPS) is 14.8. The van der Waals surface area contributed by atoms with Gasteiger partial charge in [-0.1, -0.05) is 19.9 Å². The van der Waals surface area contributed by atoms with Gasteiger partial charge in [-0.15, -0.1) is 0 Å². The van der Waals surface area contributed by atoms with Crippen LogP contribution in [-0.4, -0.2) is 25.9 Å². The summed E-state index contributed by atoms with van der Waals surface area (Å²) in [4.78, 5) is 10.3. The van der Waals surface area contributed by atoms with Gasteiger partial charge < -0.3 is 5.32 Å². The first-order valence-corrected chi connectivity index (χ1v) is 7.77. The van der Waals surface area contributed by atoms with Crippen molar-refractivity contribution in [1.29, 1.82) is 0 Å². The van der Waals surface area contributed by atoms with Crippen LogP contribution in [0.2, 0.25) is 0 Å². The van der Waals surface area contributed by atoms with Gasteiger partial charge >= 0.3 is 0 Å². The lowest BCUT2D eigenvalue weighted by atomic mass is 9.93. The Kier molecular flexibility index (Phi) is 5.21. The third kappa shape index (κ3) is 3.75. The molecule has 1 aromatic carbocycles. The molecule has 2 atom stereocenters. The van der Waals surface area contributed by atoms with Crippen LogP contribution >= 0.6 is 0 Å². The van der Waals surface area contributed by atoms with Gasteiger partial charge in [-0.25, -0.2) is 13.6 Å². The number of nitrogens with one attached hydrogen (secondary N) is 1. The van der Waals surface area contributed by atoms with E-state index in [9.17, 15) is 18.5 Å². The predicted molar refractivity (Wildman–Crippen MR) is 76.0 cm³/mol. The number of benzene rings is 1.